The maximum Gasteiger partial charge on any atom is 0.131 e. The van der Waals surface area contributed by atoms with Gasteiger partial charge in [0.25, 0.3) is 0 Å². The summed E-state index contributed by atoms with van der Waals surface area (Å²) in [6, 6.07) is 2.51. The zero-order chi connectivity index (χ0) is 10.3. The summed E-state index contributed by atoms with van der Waals surface area (Å²) in [5.74, 6) is -0.988. The Kier molecular flexibility index (Phi) is 2.07. The number of halogens is 2. The van der Waals surface area contributed by atoms with Crippen molar-refractivity contribution in [3.05, 3.63) is 34.9 Å². The van der Waals surface area contributed by atoms with Crippen molar-refractivity contribution in [1.82, 2.24) is 0 Å². The Morgan fingerprint density at radius 1 is 1.29 bits per heavy atom. The third-order valence-electron chi connectivity index (χ3n) is 2.84. The minimum atomic E-state index is -0.526. The quantitative estimate of drug-likeness (QED) is 0.774. The van der Waals surface area contributed by atoms with Crippen molar-refractivity contribution in [3.8, 4) is 0 Å². The molecule has 0 aromatic heterocycles. The average Bonchev–Trinajstić information content (AvgIpc) is 2.85. The van der Waals surface area contributed by atoms with Gasteiger partial charge in [0.2, 0.25) is 0 Å². The van der Waals surface area contributed by atoms with E-state index in [9.17, 15) is 8.78 Å². The van der Waals surface area contributed by atoms with Crippen molar-refractivity contribution in [3.63, 3.8) is 0 Å². The average molecular weight is 197 g/mol. The Morgan fingerprint density at radius 2 is 1.93 bits per heavy atom. The van der Waals surface area contributed by atoms with Gasteiger partial charge in [0, 0.05) is 17.2 Å². The summed E-state index contributed by atoms with van der Waals surface area (Å²) in [7, 11) is 0. The molecule has 0 unspecified atom stereocenters. The van der Waals surface area contributed by atoms with Crippen LogP contribution in [-0.2, 0) is 12.0 Å². The predicted octanol–water partition coefficient (Wildman–Crippen LogP) is 2.48. The Hall–Kier alpha value is -0.960. The van der Waals surface area contributed by atoms with Gasteiger partial charge < -0.3 is 5.73 Å². The van der Waals surface area contributed by atoms with Crippen molar-refractivity contribution < 1.29 is 8.78 Å². The van der Waals surface area contributed by atoms with Crippen molar-refractivity contribution >= 4 is 0 Å². The predicted molar refractivity (Wildman–Crippen MR) is 50.8 cm³/mol. The second kappa shape index (κ2) is 3.02. The van der Waals surface area contributed by atoms with Crippen LogP contribution in [-0.4, -0.2) is 0 Å². The summed E-state index contributed by atoms with van der Waals surface area (Å²) in [6.45, 7) is 1.84. The SMILES string of the molecule is CCc1cc(C2(N)CC2)c(F)cc1F. The topological polar surface area (TPSA) is 26.0 Å². The molecule has 14 heavy (non-hydrogen) atoms. The lowest BCUT2D eigenvalue weighted by Crippen LogP contribution is -2.21. The van der Waals surface area contributed by atoms with Crippen molar-refractivity contribution in [2.45, 2.75) is 31.7 Å². The van der Waals surface area contributed by atoms with Crippen LogP contribution in [0.5, 0.6) is 0 Å². The minimum absolute atomic E-state index is 0.468. The van der Waals surface area contributed by atoms with E-state index in [0.717, 1.165) is 18.9 Å². The second-order valence-electron chi connectivity index (χ2n) is 3.93. The fraction of sp³-hybridized carbons (Fsp3) is 0.455. The highest BCUT2D eigenvalue weighted by atomic mass is 19.1. The Balaban J connectivity index is 2.50. The van der Waals surface area contributed by atoms with Crippen molar-refractivity contribution in [2.24, 2.45) is 5.73 Å². The van der Waals surface area contributed by atoms with E-state index in [-0.39, 0.29) is 0 Å². The lowest BCUT2D eigenvalue weighted by Gasteiger charge is -2.12. The van der Waals surface area contributed by atoms with Crippen LogP contribution in [0.3, 0.4) is 0 Å². The van der Waals surface area contributed by atoms with Gasteiger partial charge in [-0.3, -0.25) is 0 Å². The second-order valence-corrected chi connectivity index (χ2v) is 3.93. The van der Waals surface area contributed by atoms with Crippen LogP contribution in [0, 0.1) is 11.6 Å². The maximum atomic E-state index is 13.4. The standard InChI is InChI=1S/C11H13F2N/c1-2-7-5-8(11(14)3-4-11)10(13)6-9(7)12/h5-6H,2-4,14H2,1H3. The molecule has 0 atom stereocenters. The van der Waals surface area contributed by atoms with Gasteiger partial charge in [0.15, 0.2) is 0 Å². The third-order valence-corrected chi connectivity index (χ3v) is 2.84. The summed E-state index contributed by atoms with van der Waals surface area (Å²) in [6.07, 6.45) is 2.15. The fourth-order valence-electron chi connectivity index (χ4n) is 1.65. The molecule has 0 aliphatic heterocycles. The Bertz CT molecular complexity index is 370. The van der Waals surface area contributed by atoms with Crippen LogP contribution in [0.1, 0.15) is 30.9 Å². The molecule has 1 aliphatic carbocycles. The summed E-state index contributed by atoms with van der Waals surface area (Å²) in [5.41, 5.74) is 6.36. The molecule has 1 nitrogen and oxygen atoms in total. The lowest BCUT2D eigenvalue weighted by molar-refractivity contribution is 0.545. The number of hydrogen-bond acceptors (Lipinski definition) is 1. The number of rotatable bonds is 2. The first-order chi connectivity index (χ1) is 6.57. The molecule has 76 valence electrons. The highest BCUT2D eigenvalue weighted by Gasteiger charge is 2.42. The number of nitrogens with two attached hydrogens (primary N) is 1. The number of benzene rings is 1. The van der Waals surface area contributed by atoms with E-state index in [2.05, 4.69) is 0 Å². The molecular formula is C11H13F2N. The molecule has 1 fully saturated rings. The van der Waals surface area contributed by atoms with E-state index in [4.69, 9.17) is 5.73 Å². The smallest absolute Gasteiger partial charge is 0.131 e. The van der Waals surface area contributed by atoms with Crippen LogP contribution < -0.4 is 5.73 Å². The molecule has 0 bridgehead atoms. The number of hydrogen-bond donors (Lipinski definition) is 1. The molecule has 0 heterocycles. The molecule has 0 saturated heterocycles. The van der Waals surface area contributed by atoms with Gasteiger partial charge in [-0.15, -0.1) is 0 Å². The molecule has 1 aromatic carbocycles. The summed E-state index contributed by atoms with van der Waals surface area (Å²) in [5, 5.41) is 0. The lowest BCUT2D eigenvalue weighted by atomic mass is 10.0. The minimum Gasteiger partial charge on any atom is -0.321 e. The maximum absolute atomic E-state index is 13.4. The van der Waals surface area contributed by atoms with E-state index >= 15 is 0 Å². The normalized spacial score (nSPS) is 18.3. The van der Waals surface area contributed by atoms with Crippen molar-refractivity contribution in [2.75, 3.05) is 0 Å². The van der Waals surface area contributed by atoms with Gasteiger partial charge >= 0.3 is 0 Å². The molecule has 0 spiro atoms. The van der Waals surface area contributed by atoms with Gasteiger partial charge in [-0.2, -0.15) is 0 Å². The summed E-state index contributed by atoms with van der Waals surface area (Å²) >= 11 is 0. The van der Waals surface area contributed by atoms with Gasteiger partial charge in [0.1, 0.15) is 11.6 Å². The zero-order valence-electron chi connectivity index (χ0n) is 8.11. The van der Waals surface area contributed by atoms with Crippen LogP contribution in [0.4, 0.5) is 8.78 Å². The van der Waals surface area contributed by atoms with Crippen LogP contribution in [0.2, 0.25) is 0 Å². The molecule has 1 saturated carbocycles. The van der Waals surface area contributed by atoms with E-state index < -0.39 is 17.2 Å². The molecule has 2 N–H and O–H groups in total. The van der Waals surface area contributed by atoms with E-state index in [1.54, 1.807) is 6.07 Å². The van der Waals surface area contributed by atoms with E-state index in [1.165, 1.54) is 0 Å². The Morgan fingerprint density at radius 3 is 2.43 bits per heavy atom. The molecule has 3 heteroatoms. The largest absolute Gasteiger partial charge is 0.321 e. The first kappa shape index (κ1) is 9.59. The van der Waals surface area contributed by atoms with Gasteiger partial charge in [-0.1, -0.05) is 6.92 Å². The molecular weight excluding hydrogens is 184 g/mol. The van der Waals surface area contributed by atoms with Gasteiger partial charge in [-0.25, -0.2) is 8.78 Å². The molecule has 1 aromatic rings. The molecule has 0 amide bonds. The van der Waals surface area contributed by atoms with E-state index in [0.29, 0.717) is 17.5 Å². The first-order valence-electron chi connectivity index (χ1n) is 4.84. The highest BCUT2D eigenvalue weighted by molar-refractivity contribution is 5.35. The summed E-state index contributed by atoms with van der Waals surface area (Å²) < 4.78 is 26.5. The van der Waals surface area contributed by atoms with E-state index in [1.807, 2.05) is 6.92 Å². The van der Waals surface area contributed by atoms with Crippen LogP contribution >= 0.6 is 0 Å². The fourth-order valence-corrected chi connectivity index (χ4v) is 1.65. The monoisotopic (exact) mass is 197 g/mol. The highest BCUT2D eigenvalue weighted by Crippen LogP contribution is 2.44. The zero-order valence-corrected chi connectivity index (χ0v) is 8.11. The third kappa shape index (κ3) is 1.42. The Labute approximate surface area is 81.9 Å². The molecule has 1 aliphatic rings. The molecule has 0 radical (unpaired) electrons. The van der Waals surface area contributed by atoms with Crippen LogP contribution in [0.15, 0.2) is 12.1 Å². The number of aryl methyl sites for hydroxylation is 1. The van der Waals surface area contributed by atoms with Crippen molar-refractivity contribution in [1.29, 1.82) is 0 Å². The van der Waals surface area contributed by atoms with Gasteiger partial charge in [0.05, 0.1) is 0 Å². The van der Waals surface area contributed by atoms with Gasteiger partial charge in [-0.05, 0) is 30.9 Å². The molecule has 2 rings (SSSR count). The first-order valence-corrected chi connectivity index (χ1v) is 4.84. The summed E-state index contributed by atoms with van der Waals surface area (Å²) in [4.78, 5) is 0. The van der Waals surface area contributed by atoms with Crippen LogP contribution in [0.25, 0.3) is 0 Å².